The molecule has 0 radical (unpaired) electrons. The number of hydrogen-bond acceptors (Lipinski definition) is 3. The van der Waals surface area contributed by atoms with Crippen molar-refractivity contribution >= 4 is 23.2 Å². The number of nitrogens with zero attached hydrogens (tertiary/aromatic N) is 1. The average Bonchev–Trinajstić information content (AvgIpc) is 3.27. The Kier molecular flexibility index (Phi) is 4.29. The van der Waals surface area contributed by atoms with Gasteiger partial charge in [-0.3, -0.25) is 0 Å². The molecule has 1 aliphatic rings. The molecule has 1 heterocycles. The van der Waals surface area contributed by atoms with Gasteiger partial charge in [-0.2, -0.15) is 0 Å². The standard InChI is InChI=1S/C15H13Cl2FN2O/c16-10-1-4-13(12(17)7-10)21-15-14(18)9(5-6-19-15)8-20-11-2-3-11/h1,4-7,11,20H,2-3,8H2. The molecule has 110 valence electrons. The van der Waals surface area contributed by atoms with Crippen molar-refractivity contribution in [3.05, 3.63) is 51.9 Å². The number of aromatic nitrogens is 1. The van der Waals surface area contributed by atoms with Crippen LogP contribution < -0.4 is 10.1 Å². The first-order valence-electron chi connectivity index (χ1n) is 6.63. The Bertz CT molecular complexity index is 662. The third-order valence-electron chi connectivity index (χ3n) is 3.20. The maximum Gasteiger partial charge on any atom is 0.256 e. The molecule has 0 unspecified atom stereocenters. The number of nitrogens with one attached hydrogen (secondary N) is 1. The molecule has 1 N–H and O–H groups in total. The molecule has 2 aromatic rings. The summed E-state index contributed by atoms with van der Waals surface area (Å²) in [4.78, 5) is 3.92. The van der Waals surface area contributed by atoms with E-state index in [1.807, 2.05) is 0 Å². The first kappa shape index (κ1) is 14.6. The second-order valence-corrected chi connectivity index (χ2v) is 5.76. The summed E-state index contributed by atoms with van der Waals surface area (Å²) < 4.78 is 19.8. The normalized spacial score (nSPS) is 14.2. The molecule has 3 nitrogen and oxygen atoms in total. The van der Waals surface area contributed by atoms with Crippen LogP contribution in [0.2, 0.25) is 10.0 Å². The van der Waals surface area contributed by atoms with Gasteiger partial charge in [-0.1, -0.05) is 23.2 Å². The Hall–Kier alpha value is -1.36. The molecule has 1 aromatic carbocycles. The van der Waals surface area contributed by atoms with Crippen molar-refractivity contribution in [3.63, 3.8) is 0 Å². The Morgan fingerprint density at radius 2 is 2.10 bits per heavy atom. The lowest BCUT2D eigenvalue weighted by Gasteiger charge is -2.10. The van der Waals surface area contributed by atoms with Crippen LogP contribution in [0, 0.1) is 5.82 Å². The van der Waals surface area contributed by atoms with Crippen LogP contribution in [0.3, 0.4) is 0 Å². The molecule has 1 fully saturated rings. The number of rotatable bonds is 5. The number of benzene rings is 1. The van der Waals surface area contributed by atoms with E-state index in [0.29, 0.717) is 33.9 Å². The van der Waals surface area contributed by atoms with E-state index in [1.54, 1.807) is 18.2 Å². The van der Waals surface area contributed by atoms with Crippen LogP contribution in [0.5, 0.6) is 11.6 Å². The van der Waals surface area contributed by atoms with E-state index in [2.05, 4.69) is 10.3 Å². The lowest BCUT2D eigenvalue weighted by Crippen LogP contribution is -2.16. The third-order valence-corrected chi connectivity index (χ3v) is 3.73. The summed E-state index contributed by atoms with van der Waals surface area (Å²) in [5.41, 5.74) is 0.525. The van der Waals surface area contributed by atoms with E-state index >= 15 is 0 Å². The van der Waals surface area contributed by atoms with Crippen molar-refractivity contribution in [1.29, 1.82) is 0 Å². The summed E-state index contributed by atoms with van der Waals surface area (Å²) in [6.45, 7) is 0.462. The van der Waals surface area contributed by atoms with Gasteiger partial charge in [-0.15, -0.1) is 0 Å². The SMILES string of the molecule is Fc1c(CNC2CC2)ccnc1Oc1ccc(Cl)cc1Cl. The summed E-state index contributed by atoms with van der Waals surface area (Å²) in [6, 6.07) is 6.89. The monoisotopic (exact) mass is 326 g/mol. The van der Waals surface area contributed by atoms with E-state index in [1.165, 1.54) is 12.3 Å². The molecule has 0 amide bonds. The molecule has 0 bridgehead atoms. The van der Waals surface area contributed by atoms with Crippen molar-refractivity contribution in [1.82, 2.24) is 10.3 Å². The van der Waals surface area contributed by atoms with E-state index in [4.69, 9.17) is 27.9 Å². The van der Waals surface area contributed by atoms with Crippen molar-refractivity contribution in [2.24, 2.45) is 0 Å². The van der Waals surface area contributed by atoms with Gasteiger partial charge in [0, 0.05) is 29.4 Å². The Morgan fingerprint density at radius 3 is 2.81 bits per heavy atom. The van der Waals surface area contributed by atoms with Crippen molar-refractivity contribution < 1.29 is 9.13 Å². The molecule has 21 heavy (non-hydrogen) atoms. The highest BCUT2D eigenvalue weighted by Crippen LogP contribution is 2.32. The maximum atomic E-state index is 14.3. The fourth-order valence-corrected chi connectivity index (χ4v) is 2.32. The first-order chi connectivity index (χ1) is 10.1. The van der Waals surface area contributed by atoms with Gasteiger partial charge in [0.2, 0.25) is 0 Å². The van der Waals surface area contributed by atoms with Gasteiger partial charge >= 0.3 is 0 Å². The number of ether oxygens (including phenoxy) is 1. The zero-order chi connectivity index (χ0) is 14.8. The highest BCUT2D eigenvalue weighted by atomic mass is 35.5. The molecule has 0 aliphatic heterocycles. The zero-order valence-electron chi connectivity index (χ0n) is 11.1. The zero-order valence-corrected chi connectivity index (χ0v) is 12.6. The lowest BCUT2D eigenvalue weighted by atomic mass is 10.2. The topological polar surface area (TPSA) is 34.2 Å². The van der Waals surface area contributed by atoms with Gasteiger partial charge < -0.3 is 10.1 Å². The third kappa shape index (κ3) is 3.64. The van der Waals surface area contributed by atoms with Gasteiger partial charge in [0.15, 0.2) is 5.82 Å². The molecule has 1 aromatic heterocycles. The minimum Gasteiger partial charge on any atom is -0.435 e. The minimum atomic E-state index is -0.475. The molecular weight excluding hydrogens is 314 g/mol. The molecule has 1 saturated carbocycles. The number of hydrogen-bond donors (Lipinski definition) is 1. The van der Waals surface area contributed by atoms with E-state index in [9.17, 15) is 4.39 Å². The molecule has 0 saturated heterocycles. The highest BCUT2D eigenvalue weighted by Gasteiger charge is 2.21. The Morgan fingerprint density at radius 1 is 1.29 bits per heavy atom. The second kappa shape index (κ2) is 6.18. The molecule has 0 spiro atoms. The van der Waals surface area contributed by atoms with Gasteiger partial charge in [0.1, 0.15) is 5.75 Å². The lowest BCUT2D eigenvalue weighted by molar-refractivity contribution is 0.417. The van der Waals surface area contributed by atoms with Crippen LogP contribution >= 0.6 is 23.2 Å². The van der Waals surface area contributed by atoms with Gasteiger partial charge in [-0.25, -0.2) is 9.37 Å². The average molecular weight is 327 g/mol. The van der Waals surface area contributed by atoms with Crippen molar-refractivity contribution in [3.8, 4) is 11.6 Å². The van der Waals surface area contributed by atoms with E-state index < -0.39 is 5.82 Å². The van der Waals surface area contributed by atoms with E-state index in [0.717, 1.165) is 12.8 Å². The number of pyridine rings is 1. The molecule has 3 rings (SSSR count). The van der Waals surface area contributed by atoms with Gasteiger partial charge in [-0.05, 0) is 37.1 Å². The van der Waals surface area contributed by atoms with E-state index in [-0.39, 0.29) is 5.88 Å². The van der Waals surface area contributed by atoms with Gasteiger partial charge in [0.25, 0.3) is 5.88 Å². The van der Waals surface area contributed by atoms with Crippen molar-refractivity contribution in [2.45, 2.75) is 25.4 Å². The van der Waals surface area contributed by atoms with Crippen LogP contribution in [0.25, 0.3) is 0 Å². The van der Waals surface area contributed by atoms with Gasteiger partial charge in [0.05, 0.1) is 5.02 Å². The van der Waals surface area contributed by atoms with Crippen LogP contribution in [-0.2, 0) is 6.54 Å². The summed E-state index contributed by atoms with van der Waals surface area (Å²) in [6.07, 6.45) is 3.82. The summed E-state index contributed by atoms with van der Waals surface area (Å²) in [5, 5.41) is 4.06. The van der Waals surface area contributed by atoms with Crippen LogP contribution in [0.1, 0.15) is 18.4 Å². The molecule has 0 atom stereocenters. The predicted molar refractivity (Wildman–Crippen MR) is 80.6 cm³/mol. The van der Waals surface area contributed by atoms with Crippen molar-refractivity contribution in [2.75, 3.05) is 0 Å². The van der Waals surface area contributed by atoms with Crippen LogP contribution in [0.15, 0.2) is 30.5 Å². The van der Waals surface area contributed by atoms with Crippen LogP contribution in [-0.4, -0.2) is 11.0 Å². The Labute approximate surface area is 132 Å². The summed E-state index contributed by atoms with van der Waals surface area (Å²) in [5.74, 6) is -0.245. The largest absolute Gasteiger partial charge is 0.435 e. The number of halogens is 3. The second-order valence-electron chi connectivity index (χ2n) is 4.92. The fourth-order valence-electron chi connectivity index (χ4n) is 1.87. The quantitative estimate of drug-likeness (QED) is 0.873. The smallest absolute Gasteiger partial charge is 0.256 e. The molecular formula is C15H13Cl2FN2O. The minimum absolute atomic E-state index is 0.0886. The fraction of sp³-hybridized carbons (Fsp3) is 0.267. The summed E-state index contributed by atoms with van der Waals surface area (Å²) >= 11 is 11.8. The Balaban J connectivity index is 1.79. The maximum absolute atomic E-state index is 14.3. The summed E-state index contributed by atoms with van der Waals surface area (Å²) in [7, 11) is 0. The predicted octanol–water partition coefficient (Wildman–Crippen LogP) is 4.57. The highest BCUT2D eigenvalue weighted by molar-refractivity contribution is 6.35. The van der Waals surface area contributed by atoms with Crippen LogP contribution in [0.4, 0.5) is 4.39 Å². The molecule has 1 aliphatic carbocycles. The first-order valence-corrected chi connectivity index (χ1v) is 7.39. The molecule has 6 heteroatoms.